The minimum absolute atomic E-state index is 0.159. The van der Waals surface area contributed by atoms with Crippen LogP contribution in [0.25, 0.3) is 0 Å². The minimum Gasteiger partial charge on any atom is -0.493 e. The number of rotatable bonds is 12. The van der Waals surface area contributed by atoms with Crippen LogP contribution in [0.1, 0.15) is 29.3 Å². The number of methoxy groups -OCH3 is 4. The molecule has 0 bridgehead atoms. The van der Waals surface area contributed by atoms with Crippen LogP contribution in [0.15, 0.2) is 42.5 Å². The molecular weight excluding hydrogens is 386 g/mol. The highest BCUT2D eigenvalue weighted by Gasteiger charge is 2.32. The van der Waals surface area contributed by atoms with E-state index in [1.807, 2.05) is 30.3 Å². The molecule has 2 aromatic rings. The summed E-state index contributed by atoms with van der Waals surface area (Å²) < 4.78 is 26.9. The van der Waals surface area contributed by atoms with Gasteiger partial charge in [-0.25, -0.2) is 4.79 Å². The summed E-state index contributed by atoms with van der Waals surface area (Å²) in [5.74, 6) is 0.736. The maximum absolute atomic E-state index is 12.9. The lowest BCUT2D eigenvalue weighted by Crippen LogP contribution is -2.47. The Kier molecular flexibility index (Phi) is 8.95. The Morgan fingerprint density at radius 3 is 2.10 bits per heavy atom. The van der Waals surface area contributed by atoms with Gasteiger partial charge in [0, 0.05) is 13.7 Å². The van der Waals surface area contributed by atoms with Crippen molar-refractivity contribution in [3.8, 4) is 17.2 Å². The molecule has 0 amide bonds. The molecule has 164 valence electrons. The molecule has 0 aliphatic heterocycles. The number of nitrogens with one attached hydrogen (secondary N) is 1. The summed E-state index contributed by atoms with van der Waals surface area (Å²) in [6.45, 7) is 3.39. The van der Waals surface area contributed by atoms with Gasteiger partial charge < -0.3 is 29.0 Å². The lowest BCUT2D eigenvalue weighted by molar-refractivity contribution is 0.0339. The summed E-state index contributed by atoms with van der Waals surface area (Å²) in [5, 5.41) is 3.50. The first kappa shape index (κ1) is 23.5. The second-order valence-electron chi connectivity index (χ2n) is 6.71. The zero-order valence-corrected chi connectivity index (χ0v) is 18.3. The van der Waals surface area contributed by atoms with Gasteiger partial charge in [-0.1, -0.05) is 37.3 Å². The van der Waals surface area contributed by atoms with Gasteiger partial charge >= 0.3 is 5.97 Å². The summed E-state index contributed by atoms with van der Waals surface area (Å²) in [6, 6.07) is 13.1. The summed E-state index contributed by atoms with van der Waals surface area (Å²) in [5.41, 5.74) is 0.830. The fourth-order valence-electron chi connectivity index (χ4n) is 3.29. The minimum atomic E-state index is -0.532. The Hall–Kier alpha value is -2.77. The second-order valence-corrected chi connectivity index (χ2v) is 6.71. The fraction of sp³-hybridized carbons (Fsp3) is 0.435. The Bertz CT molecular complexity index is 786. The molecule has 0 radical (unpaired) electrons. The summed E-state index contributed by atoms with van der Waals surface area (Å²) >= 11 is 0. The van der Waals surface area contributed by atoms with Gasteiger partial charge in [-0.2, -0.15) is 0 Å². The number of hydrogen-bond donors (Lipinski definition) is 1. The average Bonchev–Trinajstić information content (AvgIpc) is 2.80. The Balaban J connectivity index is 2.27. The molecule has 2 rings (SSSR count). The van der Waals surface area contributed by atoms with Crippen LogP contribution >= 0.6 is 0 Å². The number of carbonyl (C=O) groups is 1. The quantitative estimate of drug-likeness (QED) is 0.419. The standard InChI is InChI=1S/C23H31NO6/c1-6-23(24-12-13-26-2,18-10-8-7-9-11-18)16-30-22(25)17-14-19(27-3)21(29-5)20(15-17)28-4/h7-11,14-15,24H,6,12-13,16H2,1-5H3/t23-/m0/s1. The molecule has 1 atom stereocenters. The molecule has 0 saturated heterocycles. The number of esters is 1. The molecule has 0 spiro atoms. The third-order valence-electron chi connectivity index (χ3n) is 5.05. The number of benzene rings is 2. The smallest absolute Gasteiger partial charge is 0.338 e. The molecule has 0 saturated carbocycles. The van der Waals surface area contributed by atoms with Crippen LogP contribution in [0.3, 0.4) is 0 Å². The summed E-state index contributed by atoms with van der Waals surface area (Å²) in [6.07, 6.45) is 0.725. The Morgan fingerprint density at radius 2 is 1.60 bits per heavy atom. The molecule has 1 N–H and O–H groups in total. The van der Waals surface area contributed by atoms with E-state index in [-0.39, 0.29) is 6.61 Å². The third-order valence-corrected chi connectivity index (χ3v) is 5.05. The van der Waals surface area contributed by atoms with Gasteiger partial charge in [0.1, 0.15) is 6.61 Å². The van der Waals surface area contributed by atoms with E-state index in [1.165, 1.54) is 21.3 Å². The maximum Gasteiger partial charge on any atom is 0.338 e. The van der Waals surface area contributed by atoms with Crippen molar-refractivity contribution in [2.45, 2.75) is 18.9 Å². The van der Waals surface area contributed by atoms with Gasteiger partial charge in [0.2, 0.25) is 5.75 Å². The van der Waals surface area contributed by atoms with Gasteiger partial charge in [0.15, 0.2) is 11.5 Å². The predicted octanol–water partition coefficient (Wildman–Crippen LogP) is 3.41. The average molecular weight is 418 g/mol. The highest BCUT2D eigenvalue weighted by Crippen LogP contribution is 2.38. The Labute approximate surface area is 178 Å². The monoisotopic (exact) mass is 417 g/mol. The fourth-order valence-corrected chi connectivity index (χ4v) is 3.29. The van der Waals surface area contributed by atoms with E-state index in [0.717, 1.165) is 12.0 Å². The van der Waals surface area contributed by atoms with Crippen LogP contribution in [0.2, 0.25) is 0 Å². The zero-order valence-electron chi connectivity index (χ0n) is 18.3. The highest BCUT2D eigenvalue weighted by atomic mass is 16.5. The van der Waals surface area contributed by atoms with Gasteiger partial charge in [0.25, 0.3) is 0 Å². The van der Waals surface area contributed by atoms with Gasteiger partial charge in [-0.05, 0) is 24.1 Å². The molecule has 2 aromatic carbocycles. The van der Waals surface area contributed by atoms with E-state index >= 15 is 0 Å². The largest absolute Gasteiger partial charge is 0.493 e. The van der Waals surface area contributed by atoms with Crippen molar-refractivity contribution in [1.29, 1.82) is 0 Å². The lowest BCUT2D eigenvalue weighted by Gasteiger charge is -2.34. The first-order chi connectivity index (χ1) is 14.5. The van der Waals surface area contributed by atoms with E-state index < -0.39 is 11.5 Å². The zero-order chi connectivity index (χ0) is 22.0. The van der Waals surface area contributed by atoms with Crippen molar-refractivity contribution in [1.82, 2.24) is 5.32 Å². The number of ether oxygens (including phenoxy) is 5. The molecule has 0 fully saturated rings. The molecule has 7 heteroatoms. The van der Waals surface area contributed by atoms with Crippen molar-refractivity contribution < 1.29 is 28.5 Å². The van der Waals surface area contributed by atoms with Crippen molar-refractivity contribution in [3.05, 3.63) is 53.6 Å². The van der Waals surface area contributed by atoms with E-state index in [9.17, 15) is 4.79 Å². The molecule has 0 aromatic heterocycles. The van der Waals surface area contributed by atoms with Crippen LogP contribution in [0.4, 0.5) is 0 Å². The van der Waals surface area contributed by atoms with Crippen LogP contribution in [0, 0.1) is 0 Å². The predicted molar refractivity (Wildman–Crippen MR) is 115 cm³/mol. The first-order valence-electron chi connectivity index (χ1n) is 9.81. The first-order valence-corrected chi connectivity index (χ1v) is 9.81. The van der Waals surface area contributed by atoms with Crippen LogP contribution < -0.4 is 19.5 Å². The molecular formula is C23H31NO6. The van der Waals surface area contributed by atoms with Gasteiger partial charge in [-0.15, -0.1) is 0 Å². The molecule has 0 aliphatic carbocycles. The van der Waals surface area contributed by atoms with Crippen molar-refractivity contribution in [3.63, 3.8) is 0 Å². The number of hydrogen-bond acceptors (Lipinski definition) is 7. The van der Waals surface area contributed by atoms with Gasteiger partial charge in [-0.3, -0.25) is 0 Å². The van der Waals surface area contributed by atoms with Crippen LogP contribution in [0.5, 0.6) is 17.2 Å². The van der Waals surface area contributed by atoms with Crippen molar-refractivity contribution >= 4 is 5.97 Å². The van der Waals surface area contributed by atoms with Crippen molar-refractivity contribution in [2.24, 2.45) is 0 Å². The van der Waals surface area contributed by atoms with E-state index in [2.05, 4.69) is 12.2 Å². The topological polar surface area (TPSA) is 75.3 Å². The SMILES string of the molecule is CC[C@@](COC(=O)c1cc(OC)c(OC)c(OC)c1)(NCCOC)c1ccccc1. The molecule has 0 unspecified atom stereocenters. The second kappa shape index (κ2) is 11.4. The molecule has 30 heavy (non-hydrogen) atoms. The van der Waals surface area contributed by atoms with Gasteiger partial charge in [0.05, 0.1) is 39.0 Å². The lowest BCUT2D eigenvalue weighted by atomic mass is 9.88. The maximum atomic E-state index is 12.9. The molecule has 0 heterocycles. The highest BCUT2D eigenvalue weighted by molar-refractivity contribution is 5.91. The van der Waals surface area contributed by atoms with Crippen LogP contribution in [-0.2, 0) is 15.0 Å². The van der Waals surface area contributed by atoms with E-state index in [0.29, 0.717) is 36.0 Å². The van der Waals surface area contributed by atoms with Crippen LogP contribution in [-0.4, -0.2) is 54.2 Å². The summed E-state index contributed by atoms with van der Waals surface area (Å²) in [7, 11) is 6.18. The van der Waals surface area contributed by atoms with Crippen molar-refractivity contribution in [2.75, 3.05) is 48.2 Å². The third kappa shape index (κ3) is 5.43. The van der Waals surface area contributed by atoms with E-state index in [1.54, 1.807) is 19.2 Å². The molecule has 0 aliphatic rings. The Morgan fingerprint density at radius 1 is 0.967 bits per heavy atom. The van der Waals surface area contributed by atoms with E-state index in [4.69, 9.17) is 23.7 Å². The normalized spacial score (nSPS) is 12.7. The molecule has 7 nitrogen and oxygen atoms in total. The number of carbonyl (C=O) groups excluding carboxylic acids is 1. The summed E-state index contributed by atoms with van der Waals surface area (Å²) in [4.78, 5) is 12.9.